The van der Waals surface area contributed by atoms with E-state index in [0.29, 0.717) is 23.8 Å². The summed E-state index contributed by atoms with van der Waals surface area (Å²) >= 11 is 0. The monoisotopic (exact) mass is 311 g/mol. The Labute approximate surface area is 135 Å². The molecule has 4 nitrogen and oxygen atoms in total. The maximum Gasteiger partial charge on any atom is 0.306 e. The van der Waals surface area contributed by atoms with Crippen LogP contribution in [-0.4, -0.2) is 11.1 Å². The van der Waals surface area contributed by atoms with Crippen molar-refractivity contribution in [3.05, 3.63) is 42.1 Å². The molecule has 3 atom stereocenters. The fourth-order valence-corrected chi connectivity index (χ4v) is 4.17. The van der Waals surface area contributed by atoms with Gasteiger partial charge in [-0.15, -0.1) is 0 Å². The van der Waals surface area contributed by atoms with Crippen LogP contribution in [0.2, 0.25) is 0 Å². The molecular weight excluding hydrogens is 290 g/mol. The van der Waals surface area contributed by atoms with Crippen LogP contribution in [0.1, 0.15) is 37.8 Å². The fraction of sp³-hybridized carbons (Fsp3) is 0.474. The predicted octanol–water partition coefficient (Wildman–Crippen LogP) is 4.21. The number of hydrogen-bond donors (Lipinski definition) is 0. The summed E-state index contributed by atoms with van der Waals surface area (Å²) in [6, 6.07) is 11.6. The number of fused-ring (bicyclic) bond motifs is 2. The summed E-state index contributed by atoms with van der Waals surface area (Å²) in [5, 5.41) is 3.98. The lowest BCUT2D eigenvalue weighted by Crippen LogP contribution is -2.16. The zero-order valence-corrected chi connectivity index (χ0v) is 13.1. The lowest BCUT2D eigenvalue weighted by Gasteiger charge is -2.20. The molecule has 0 saturated heterocycles. The summed E-state index contributed by atoms with van der Waals surface area (Å²) < 4.78 is 10.7. The van der Waals surface area contributed by atoms with E-state index in [2.05, 4.69) is 5.16 Å². The molecule has 0 aliphatic heterocycles. The first-order valence-corrected chi connectivity index (χ1v) is 8.44. The van der Waals surface area contributed by atoms with Gasteiger partial charge in [0.15, 0.2) is 5.76 Å². The topological polar surface area (TPSA) is 52.3 Å². The molecule has 2 aromatic rings. The van der Waals surface area contributed by atoms with Crippen molar-refractivity contribution in [1.29, 1.82) is 0 Å². The highest BCUT2D eigenvalue weighted by molar-refractivity contribution is 5.69. The Bertz CT molecular complexity index is 679. The standard InChI is InChI=1S/C19H21NO3/c21-19(10-16-9-13-6-7-15(16)8-13)22-12-17-11-18(23-20-17)14-4-2-1-3-5-14/h1-5,11,13,15-16H,6-10,12H2/t13-,15+,16+/m0/s1. The van der Waals surface area contributed by atoms with Gasteiger partial charge in [-0.25, -0.2) is 0 Å². The minimum atomic E-state index is -0.105. The molecular formula is C19H21NO3. The Balaban J connectivity index is 1.29. The Hall–Kier alpha value is -2.10. The summed E-state index contributed by atoms with van der Waals surface area (Å²) in [4.78, 5) is 12.0. The van der Waals surface area contributed by atoms with E-state index in [-0.39, 0.29) is 12.6 Å². The molecule has 2 fully saturated rings. The average molecular weight is 311 g/mol. The van der Waals surface area contributed by atoms with Crippen LogP contribution in [0, 0.1) is 17.8 Å². The number of nitrogens with zero attached hydrogens (tertiary/aromatic N) is 1. The van der Waals surface area contributed by atoms with Gasteiger partial charge in [0.05, 0.1) is 0 Å². The van der Waals surface area contributed by atoms with Crippen LogP contribution >= 0.6 is 0 Å². The second kappa shape index (κ2) is 6.19. The lowest BCUT2D eigenvalue weighted by atomic mass is 9.86. The van der Waals surface area contributed by atoms with Gasteiger partial charge in [0.25, 0.3) is 0 Å². The maximum atomic E-state index is 12.0. The summed E-state index contributed by atoms with van der Waals surface area (Å²) in [6.45, 7) is 0.190. The van der Waals surface area contributed by atoms with E-state index < -0.39 is 0 Å². The van der Waals surface area contributed by atoms with Crippen molar-refractivity contribution >= 4 is 5.97 Å². The third-order valence-electron chi connectivity index (χ3n) is 5.31. The van der Waals surface area contributed by atoms with E-state index in [0.717, 1.165) is 17.4 Å². The molecule has 0 spiro atoms. The quantitative estimate of drug-likeness (QED) is 0.776. The Morgan fingerprint density at radius 3 is 2.83 bits per heavy atom. The van der Waals surface area contributed by atoms with Gasteiger partial charge in [-0.1, -0.05) is 41.9 Å². The molecule has 0 N–H and O–H groups in total. The van der Waals surface area contributed by atoms with Crippen molar-refractivity contribution < 1.29 is 14.1 Å². The number of rotatable bonds is 5. The molecule has 0 unspecified atom stereocenters. The van der Waals surface area contributed by atoms with Crippen molar-refractivity contribution in [3.8, 4) is 11.3 Å². The number of hydrogen-bond acceptors (Lipinski definition) is 4. The molecule has 2 saturated carbocycles. The third kappa shape index (κ3) is 3.16. The number of carbonyl (C=O) groups excluding carboxylic acids is 1. The molecule has 1 aromatic heterocycles. The zero-order chi connectivity index (χ0) is 15.6. The average Bonchev–Trinajstić information content (AvgIpc) is 3.30. The molecule has 2 aliphatic carbocycles. The largest absolute Gasteiger partial charge is 0.459 e. The van der Waals surface area contributed by atoms with Crippen LogP contribution in [0.15, 0.2) is 40.9 Å². The van der Waals surface area contributed by atoms with Gasteiger partial charge in [-0.3, -0.25) is 4.79 Å². The SMILES string of the molecule is O=C(C[C@H]1C[C@H]2CC[C@@H]1C2)OCc1cc(-c2ccccc2)on1. The van der Waals surface area contributed by atoms with Gasteiger partial charge >= 0.3 is 5.97 Å². The number of aromatic nitrogens is 1. The second-order valence-corrected chi connectivity index (χ2v) is 6.85. The second-order valence-electron chi connectivity index (χ2n) is 6.85. The zero-order valence-electron chi connectivity index (χ0n) is 13.1. The van der Waals surface area contributed by atoms with E-state index in [1.807, 2.05) is 36.4 Å². The summed E-state index contributed by atoms with van der Waals surface area (Å²) in [5.74, 6) is 2.75. The number of carbonyl (C=O) groups is 1. The van der Waals surface area contributed by atoms with Gasteiger partial charge in [0, 0.05) is 18.1 Å². The highest BCUT2D eigenvalue weighted by Crippen LogP contribution is 2.49. The molecule has 2 bridgehead atoms. The highest BCUT2D eigenvalue weighted by Gasteiger charge is 2.40. The molecule has 0 radical (unpaired) electrons. The van der Waals surface area contributed by atoms with E-state index in [4.69, 9.17) is 9.26 Å². The van der Waals surface area contributed by atoms with Gasteiger partial charge in [0.2, 0.25) is 0 Å². The Morgan fingerprint density at radius 2 is 2.09 bits per heavy atom. The van der Waals surface area contributed by atoms with Crippen LogP contribution in [0.5, 0.6) is 0 Å². The lowest BCUT2D eigenvalue weighted by molar-refractivity contribution is -0.146. The summed E-state index contributed by atoms with van der Waals surface area (Å²) in [5.41, 5.74) is 1.63. The smallest absolute Gasteiger partial charge is 0.306 e. The molecule has 23 heavy (non-hydrogen) atoms. The minimum absolute atomic E-state index is 0.105. The van der Waals surface area contributed by atoms with E-state index in [1.54, 1.807) is 0 Å². The van der Waals surface area contributed by atoms with Crippen molar-refractivity contribution in [3.63, 3.8) is 0 Å². The van der Waals surface area contributed by atoms with Gasteiger partial charge < -0.3 is 9.26 Å². The number of esters is 1. The van der Waals surface area contributed by atoms with Crippen molar-refractivity contribution in [2.45, 2.75) is 38.7 Å². The van der Waals surface area contributed by atoms with Crippen LogP contribution in [0.3, 0.4) is 0 Å². The van der Waals surface area contributed by atoms with Crippen molar-refractivity contribution in [2.24, 2.45) is 17.8 Å². The van der Waals surface area contributed by atoms with Gasteiger partial charge in [-0.05, 0) is 37.0 Å². The third-order valence-corrected chi connectivity index (χ3v) is 5.31. The first kappa shape index (κ1) is 14.5. The fourth-order valence-electron chi connectivity index (χ4n) is 4.17. The number of benzene rings is 1. The summed E-state index contributed by atoms with van der Waals surface area (Å²) in [6.07, 6.45) is 5.75. The van der Waals surface area contributed by atoms with Crippen molar-refractivity contribution in [2.75, 3.05) is 0 Å². The Morgan fingerprint density at radius 1 is 1.22 bits per heavy atom. The predicted molar refractivity (Wildman–Crippen MR) is 85.3 cm³/mol. The van der Waals surface area contributed by atoms with E-state index >= 15 is 0 Å². The first-order valence-electron chi connectivity index (χ1n) is 8.44. The highest BCUT2D eigenvalue weighted by atomic mass is 16.5. The molecule has 4 rings (SSSR count). The maximum absolute atomic E-state index is 12.0. The van der Waals surface area contributed by atoms with E-state index in [1.165, 1.54) is 25.7 Å². The molecule has 4 heteroatoms. The van der Waals surface area contributed by atoms with Gasteiger partial charge in [0.1, 0.15) is 12.3 Å². The molecule has 120 valence electrons. The van der Waals surface area contributed by atoms with E-state index in [9.17, 15) is 4.79 Å². The number of ether oxygens (including phenoxy) is 1. The Kier molecular flexibility index (Phi) is 3.90. The van der Waals surface area contributed by atoms with Crippen LogP contribution in [0.25, 0.3) is 11.3 Å². The minimum Gasteiger partial charge on any atom is -0.459 e. The first-order chi connectivity index (χ1) is 11.3. The van der Waals surface area contributed by atoms with Crippen LogP contribution in [-0.2, 0) is 16.1 Å². The molecule has 2 aliphatic rings. The molecule has 0 amide bonds. The van der Waals surface area contributed by atoms with Crippen molar-refractivity contribution in [1.82, 2.24) is 5.16 Å². The van der Waals surface area contributed by atoms with Gasteiger partial charge in [-0.2, -0.15) is 0 Å². The summed E-state index contributed by atoms with van der Waals surface area (Å²) in [7, 11) is 0. The van der Waals surface area contributed by atoms with Crippen LogP contribution in [0.4, 0.5) is 0 Å². The normalized spacial score (nSPS) is 25.7. The van der Waals surface area contributed by atoms with Crippen LogP contribution < -0.4 is 0 Å². The molecule has 1 aromatic carbocycles. The molecule has 1 heterocycles.